The van der Waals surface area contributed by atoms with Crippen LogP contribution >= 0.6 is 0 Å². The van der Waals surface area contributed by atoms with Gasteiger partial charge in [-0.25, -0.2) is 4.39 Å². The third-order valence-corrected chi connectivity index (χ3v) is 7.94. The zero-order valence-corrected chi connectivity index (χ0v) is 21.8. The van der Waals surface area contributed by atoms with E-state index in [-0.39, 0.29) is 11.9 Å². The Kier molecular flexibility index (Phi) is 8.62. The van der Waals surface area contributed by atoms with Gasteiger partial charge < -0.3 is 19.6 Å². The summed E-state index contributed by atoms with van der Waals surface area (Å²) in [4.78, 5) is 21.3. The lowest BCUT2D eigenvalue weighted by molar-refractivity contribution is 0.0568. The fourth-order valence-electron chi connectivity index (χ4n) is 5.27. The molecular weight excluding hydrogens is 457 g/mol. The molecule has 4 rings (SSSR count). The molecule has 3 heterocycles. The van der Waals surface area contributed by atoms with Crippen LogP contribution in [0.15, 0.2) is 42.6 Å². The van der Waals surface area contributed by atoms with Gasteiger partial charge in [0.25, 0.3) is 5.91 Å². The Labute approximate surface area is 214 Å². The highest BCUT2D eigenvalue weighted by atomic mass is 19.1. The smallest absolute Gasteiger partial charge is 0.254 e. The van der Waals surface area contributed by atoms with Gasteiger partial charge in [0, 0.05) is 30.3 Å². The minimum atomic E-state index is -1.07. The number of aromatic nitrogens is 1. The van der Waals surface area contributed by atoms with E-state index in [2.05, 4.69) is 9.88 Å². The minimum Gasteiger partial charge on any atom is -0.492 e. The van der Waals surface area contributed by atoms with Crippen LogP contribution < -0.4 is 4.74 Å². The number of carbonyl (C=O) groups is 1. The molecule has 2 aliphatic heterocycles. The summed E-state index contributed by atoms with van der Waals surface area (Å²) in [7, 11) is 0. The molecular formula is C29H40FN3O3. The molecule has 196 valence electrons. The summed E-state index contributed by atoms with van der Waals surface area (Å²) in [6.07, 6.45) is 5.12. The average Bonchev–Trinajstić information content (AvgIpc) is 3.25. The normalized spacial score (nSPS) is 21.6. The van der Waals surface area contributed by atoms with Gasteiger partial charge >= 0.3 is 0 Å². The molecule has 7 heteroatoms. The summed E-state index contributed by atoms with van der Waals surface area (Å²) in [6.45, 7) is 9.25. The van der Waals surface area contributed by atoms with Gasteiger partial charge in [0.2, 0.25) is 0 Å². The Bertz CT molecular complexity index is 986. The van der Waals surface area contributed by atoms with E-state index in [1.54, 1.807) is 11.1 Å². The van der Waals surface area contributed by atoms with Crippen LogP contribution in [0.3, 0.4) is 0 Å². The molecule has 0 bridgehead atoms. The molecule has 2 atom stereocenters. The number of carbonyl (C=O) groups excluding carboxylic acids is 1. The van der Waals surface area contributed by atoms with E-state index in [4.69, 9.17) is 4.74 Å². The van der Waals surface area contributed by atoms with Crippen LogP contribution in [0.4, 0.5) is 4.39 Å². The number of pyridine rings is 1. The van der Waals surface area contributed by atoms with Gasteiger partial charge in [-0.05, 0) is 82.3 Å². The van der Waals surface area contributed by atoms with Crippen LogP contribution in [0, 0.1) is 5.92 Å². The van der Waals surface area contributed by atoms with Crippen LogP contribution in [0.2, 0.25) is 0 Å². The predicted octanol–water partition coefficient (Wildman–Crippen LogP) is 4.96. The lowest BCUT2D eigenvalue weighted by atomic mass is 9.94. The highest BCUT2D eigenvalue weighted by molar-refractivity contribution is 5.95. The SMILES string of the molecule is CCC(F)(CC)CN1CCC(COc2ccc(-c3ccc(C(=O)N4C[C@H](O)C[C@@H]4C)cc3)nc2)CC1. The molecule has 0 saturated carbocycles. The van der Waals surface area contributed by atoms with Crippen molar-refractivity contribution in [1.29, 1.82) is 0 Å². The monoisotopic (exact) mass is 497 g/mol. The highest BCUT2D eigenvalue weighted by Gasteiger charge is 2.32. The van der Waals surface area contributed by atoms with Gasteiger partial charge in [0.05, 0.1) is 24.6 Å². The number of likely N-dealkylation sites (tertiary alicyclic amines) is 2. The summed E-state index contributed by atoms with van der Waals surface area (Å²) < 4.78 is 20.7. The predicted molar refractivity (Wildman–Crippen MR) is 140 cm³/mol. The molecule has 1 aromatic carbocycles. The van der Waals surface area contributed by atoms with Crippen molar-refractivity contribution in [2.24, 2.45) is 5.92 Å². The van der Waals surface area contributed by atoms with Crippen molar-refractivity contribution < 1.29 is 19.0 Å². The van der Waals surface area contributed by atoms with Crippen molar-refractivity contribution in [1.82, 2.24) is 14.8 Å². The first-order valence-electron chi connectivity index (χ1n) is 13.4. The topological polar surface area (TPSA) is 65.9 Å². The van der Waals surface area contributed by atoms with E-state index in [9.17, 15) is 14.3 Å². The maximum atomic E-state index is 14.7. The number of β-amino-alcohol motifs (C(OH)–C–C–N with tert-alkyl or cyclic N) is 1. The number of nitrogens with zero attached hydrogens (tertiary/aromatic N) is 3. The maximum Gasteiger partial charge on any atom is 0.254 e. The molecule has 2 fully saturated rings. The second kappa shape index (κ2) is 11.7. The van der Waals surface area contributed by atoms with E-state index >= 15 is 0 Å². The zero-order chi connectivity index (χ0) is 25.7. The van der Waals surface area contributed by atoms with Gasteiger partial charge in [-0.2, -0.15) is 0 Å². The summed E-state index contributed by atoms with van der Waals surface area (Å²) >= 11 is 0. The largest absolute Gasteiger partial charge is 0.492 e. The second-order valence-electron chi connectivity index (χ2n) is 10.5. The van der Waals surface area contributed by atoms with Crippen LogP contribution in [0.25, 0.3) is 11.3 Å². The summed E-state index contributed by atoms with van der Waals surface area (Å²) in [5, 5.41) is 9.83. The lowest BCUT2D eigenvalue weighted by Crippen LogP contribution is -2.44. The summed E-state index contributed by atoms with van der Waals surface area (Å²) in [6, 6.07) is 11.4. The molecule has 0 radical (unpaired) electrons. The highest BCUT2D eigenvalue weighted by Crippen LogP contribution is 2.27. The fourth-order valence-corrected chi connectivity index (χ4v) is 5.27. The van der Waals surface area contributed by atoms with E-state index in [1.807, 2.05) is 57.2 Å². The third kappa shape index (κ3) is 6.43. The number of aliphatic hydroxyl groups is 1. The van der Waals surface area contributed by atoms with Gasteiger partial charge in [0.1, 0.15) is 11.4 Å². The molecule has 1 N–H and O–H groups in total. The maximum absolute atomic E-state index is 14.7. The van der Waals surface area contributed by atoms with E-state index < -0.39 is 11.8 Å². The van der Waals surface area contributed by atoms with E-state index in [1.165, 1.54) is 0 Å². The number of rotatable bonds is 9. The second-order valence-corrected chi connectivity index (χ2v) is 10.5. The molecule has 2 aliphatic rings. The molecule has 6 nitrogen and oxygen atoms in total. The van der Waals surface area contributed by atoms with Crippen molar-refractivity contribution in [3.05, 3.63) is 48.2 Å². The molecule has 0 aliphatic carbocycles. The standard InChI is InChI=1S/C29H40FN3O3/c1-4-29(30,5-2)20-32-14-12-22(13-15-32)19-36-26-10-11-27(31-17-26)23-6-8-24(9-7-23)28(35)33-18-25(34)16-21(33)3/h6-11,17,21-22,25,34H,4-5,12-16,18-20H2,1-3H3/t21-,25+/m0/s1. The number of piperidine rings is 1. The van der Waals surface area contributed by atoms with Gasteiger partial charge in [-0.3, -0.25) is 9.78 Å². The van der Waals surface area contributed by atoms with Gasteiger partial charge in [0.15, 0.2) is 0 Å². The van der Waals surface area contributed by atoms with E-state index in [0.29, 0.717) is 50.4 Å². The Morgan fingerprint density at radius 2 is 1.83 bits per heavy atom. The van der Waals surface area contributed by atoms with Crippen molar-refractivity contribution in [2.45, 2.75) is 70.7 Å². The summed E-state index contributed by atoms with van der Waals surface area (Å²) in [5.74, 6) is 1.17. The molecule has 1 aromatic heterocycles. The van der Waals surface area contributed by atoms with Crippen molar-refractivity contribution in [3.63, 3.8) is 0 Å². The zero-order valence-electron chi connectivity index (χ0n) is 21.8. The van der Waals surface area contributed by atoms with Crippen LogP contribution in [-0.2, 0) is 0 Å². The van der Waals surface area contributed by atoms with Gasteiger partial charge in [-0.1, -0.05) is 26.0 Å². The minimum absolute atomic E-state index is 0.0469. The Balaban J connectivity index is 1.25. The summed E-state index contributed by atoms with van der Waals surface area (Å²) in [5.41, 5.74) is 1.30. The Hall–Kier alpha value is -2.51. The first-order chi connectivity index (χ1) is 17.3. The number of aliphatic hydroxyl groups excluding tert-OH is 1. The van der Waals surface area contributed by atoms with Crippen molar-refractivity contribution >= 4 is 5.91 Å². The first kappa shape index (κ1) is 26.6. The third-order valence-electron chi connectivity index (χ3n) is 7.94. The van der Waals surface area contributed by atoms with E-state index in [0.717, 1.165) is 42.9 Å². The average molecular weight is 498 g/mol. The van der Waals surface area contributed by atoms with Crippen molar-refractivity contribution in [2.75, 3.05) is 32.8 Å². The molecule has 2 saturated heterocycles. The molecule has 36 heavy (non-hydrogen) atoms. The lowest BCUT2D eigenvalue weighted by Gasteiger charge is -2.36. The number of hydrogen-bond acceptors (Lipinski definition) is 5. The van der Waals surface area contributed by atoms with Gasteiger partial charge in [-0.15, -0.1) is 0 Å². The number of benzene rings is 1. The first-order valence-corrected chi connectivity index (χ1v) is 13.4. The molecule has 1 amide bonds. The molecule has 0 unspecified atom stereocenters. The quantitative estimate of drug-likeness (QED) is 0.530. The number of ether oxygens (including phenoxy) is 1. The van der Waals surface area contributed by atoms with Crippen LogP contribution in [-0.4, -0.2) is 76.4 Å². The number of hydrogen-bond donors (Lipinski definition) is 1. The number of alkyl halides is 1. The number of amides is 1. The Morgan fingerprint density at radius 3 is 2.39 bits per heavy atom. The fraction of sp³-hybridized carbons (Fsp3) is 0.586. The molecule has 0 spiro atoms. The van der Waals surface area contributed by atoms with Crippen LogP contribution in [0.1, 0.15) is 63.2 Å². The van der Waals surface area contributed by atoms with Crippen molar-refractivity contribution in [3.8, 4) is 17.0 Å². The number of halogens is 1. The Morgan fingerprint density at radius 1 is 1.14 bits per heavy atom. The van der Waals surface area contributed by atoms with Crippen LogP contribution in [0.5, 0.6) is 5.75 Å². The molecule has 2 aromatic rings.